The van der Waals surface area contributed by atoms with Crippen molar-refractivity contribution in [2.75, 3.05) is 17.3 Å². The predicted molar refractivity (Wildman–Crippen MR) is 105 cm³/mol. The average Bonchev–Trinajstić information content (AvgIpc) is 3.17. The highest BCUT2D eigenvalue weighted by Crippen LogP contribution is 2.29. The molecule has 1 atom stereocenters. The Labute approximate surface area is 164 Å². The highest BCUT2D eigenvalue weighted by atomic mass is 32.2. The highest BCUT2D eigenvalue weighted by molar-refractivity contribution is 7.99. The van der Waals surface area contributed by atoms with Crippen molar-refractivity contribution in [3.8, 4) is 0 Å². The van der Waals surface area contributed by atoms with Gasteiger partial charge in [0.15, 0.2) is 15.0 Å². The Bertz CT molecular complexity index is 811. The normalized spacial score (nSPS) is 22.8. The fourth-order valence-electron chi connectivity index (χ4n) is 4.09. The van der Waals surface area contributed by atoms with E-state index in [0.717, 1.165) is 32.1 Å². The van der Waals surface area contributed by atoms with Crippen molar-refractivity contribution in [2.45, 2.75) is 75.7 Å². The average molecular weight is 417 g/mol. The van der Waals surface area contributed by atoms with Crippen molar-refractivity contribution in [3.05, 3.63) is 10.5 Å². The molecule has 1 amide bonds. The summed E-state index contributed by atoms with van der Waals surface area (Å²) < 4.78 is 25.5. The van der Waals surface area contributed by atoms with Gasteiger partial charge in [0, 0.05) is 18.6 Å². The fraction of sp³-hybridized carbons (Fsp3) is 0.824. The summed E-state index contributed by atoms with van der Waals surface area (Å²) in [6.07, 6.45) is 6.54. The lowest BCUT2D eigenvalue weighted by Crippen LogP contribution is -2.49. The summed E-state index contributed by atoms with van der Waals surface area (Å²) in [6.45, 7) is 2.53. The molecule has 1 aliphatic carbocycles. The maximum atomic E-state index is 13.1. The van der Waals surface area contributed by atoms with Gasteiger partial charge in [0.2, 0.25) is 5.91 Å². The van der Waals surface area contributed by atoms with Crippen LogP contribution in [0, 0.1) is 0 Å². The quantitative estimate of drug-likeness (QED) is 0.674. The molecule has 152 valence electrons. The fourth-order valence-corrected chi connectivity index (χ4v) is 6.65. The van der Waals surface area contributed by atoms with Crippen LogP contribution in [0.15, 0.2) is 9.95 Å². The second kappa shape index (κ2) is 8.81. The van der Waals surface area contributed by atoms with Gasteiger partial charge in [-0.15, -0.1) is 5.10 Å². The van der Waals surface area contributed by atoms with E-state index >= 15 is 0 Å². The van der Waals surface area contributed by atoms with Gasteiger partial charge in [0.05, 0.1) is 17.3 Å². The summed E-state index contributed by atoms with van der Waals surface area (Å²) >= 11 is 1.25. The Morgan fingerprint density at radius 3 is 2.63 bits per heavy atom. The largest absolute Gasteiger partial charge is 0.343 e. The van der Waals surface area contributed by atoms with Gasteiger partial charge < -0.3 is 4.90 Å². The maximum absolute atomic E-state index is 13.1. The van der Waals surface area contributed by atoms with Gasteiger partial charge in [-0.1, -0.05) is 37.9 Å². The molecule has 0 spiro atoms. The van der Waals surface area contributed by atoms with Crippen LogP contribution in [0.5, 0.6) is 0 Å². The second-order valence-corrected chi connectivity index (χ2v) is 10.6. The van der Waals surface area contributed by atoms with Crippen LogP contribution in [0.2, 0.25) is 0 Å². The molecule has 2 heterocycles. The zero-order chi connectivity index (χ0) is 19.4. The van der Waals surface area contributed by atoms with E-state index in [1.165, 1.54) is 18.2 Å². The van der Waals surface area contributed by atoms with Crippen LogP contribution in [0.3, 0.4) is 0 Å². The van der Waals surface area contributed by atoms with Crippen molar-refractivity contribution in [3.63, 3.8) is 0 Å². The molecule has 8 nitrogen and oxygen atoms in total. The highest BCUT2D eigenvalue weighted by Gasteiger charge is 2.38. The molecule has 1 aromatic rings. The van der Waals surface area contributed by atoms with Crippen LogP contribution in [0.4, 0.5) is 0 Å². The summed E-state index contributed by atoms with van der Waals surface area (Å²) in [6, 6.07) is -0.0922. The molecular formula is C17H28N4O4S2. The number of rotatable bonds is 7. The van der Waals surface area contributed by atoms with E-state index < -0.39 is 9.84 Å². The number of carbonyl (C=O) groups excluding carboxylic acids is 1. The third kappa shape index (κ3) is 4.96. The summed E-state index contributed by atoms with van der Waals surface area (Å²) in [5.74, 6) is 0.355. The first kappa shape index (κ1) is 20.4. The van der Waals surface area contributed by atoms with Crippen molar-refractivity contribution in [2.24, 2.45) is 0 Å². The lowest BCUT2D eigenvalue weighted by Gasteiger charge is -2.38. The van der Waals surface area contributed by atoms with Crippen LogP contribution in [-0.4, -0.2) is 63.3 Å². The molecule has 1 aliphatic heterocycles. The molecule has 1 saturated carbocycles. The van der Waals surface area contributed by atoms with Crippen LogP contribution < -0.4 is 5.69 Å². The first-order chi connectivity index (χ1) is 12.9. The Hall–Kier alpha value is -1.29. The lowest BCUT2D eigenvalue weighted by molar-refractivity contribution is -0.133. The third-order valence-electron chi connectivity index (χ3n) is 5.35. The SMILES string of the molecule is CCCn1c(SCC(=O)N(C2CCCCC2)[C@H]2CCS(=O)(=O)C2)n[nH]c1=O. The smallest absolute Gasteiger partial charge is 0.335 e. The molecule has 2 fully saturated rings. The van der Waals surface area contributed by atoms with Gasteiger partial charge in [-0.2, -0.15) is 0 Å². The van der Waals surface area contributed by atoms with E-state index in [4.69, 9.17) is 0 Å². The summed E-state index contributed by atoms with van der Waals surface area (Å²) in [7, 11) is -3.05. The van der Waals surface area contributed by atoms with Crippen LogP contribution in [0.25, 0.3) is 0 Å². The molecule has 1 N–H and O–H groups in total. The number of nitrogens with one attached hydrogen (secondary N) is 1. The lowest BCUT2D eigenvalue weighted by atomic mass is 9.93. The zero-order valence-corrected chi connectivity index (χ0v) is 17.4. The molecule has 0 unspecified atom stereocenters. The second-order valence-electron chi connectivity index (χ2n) is 7.40. The minimum atomic E-state index is -3.05. The minimum Gasteiger partial charge on any atom is -0.335 e. The number of carbonyl (C=O) groups is 1. The van der Waals surface area contributed by atoms with Gasteiger partial charge in [0.1, 0.15) is 0 Å². The van der Waals surface area contributed by atoms with Gasteiger partial charge in [-0.25, -0.2) is 18.3 Å². The number of amides is 1. The van der Waals surface area contributed by atoms with Crippen molar-refractivity contribution >= 4 is 27.5 Å². The molecule has 3 rings (SSSR count). The van der Waals surface area contributed by atoms with Gasteiger partial charge >= 0.3 is 5.69 Å². The molecule has 27 heavy (non-hydrogen) atoms. The minimum absolute atomic E-state index is 0.0486. The van der Waals surface area contributed by atoms with E-state index in [9.17, 15) is 18.0 Å². The molecule has 2 aliphatic rings. The van der Waals surface area contributed by atoms with Gasteiger partial charge in [-0.3, -0.25) is 9.36 Å². The molecular weight excluding hydrogens is 388 g/mol. The van der Waals surface area contributed by atoms with Crippen LogP contribution in [0.1, 0.15) is 51.9 Å². The predicted octanol–water partition coefficient (Wildman–Crippen LogP) is 1.42. The number of H-pyrrole nitrogens is 1. The summed E-state index contributed by atoms with van der Waals surface area (Å²) in [5.41, 5.74) is -0.266. The molecule has 0 bridgehead atoms. The number of hydrogen-bond acceptors (Lipinski definition) is 6. The number of thioether (sulfide) groups is 1. The molecule has 10 heteroatoms. The summed E-state index contributed by atoms with van der Waals surface area (Å²) in [4.78, 5) is 26.7. The Morgan fingerprint density at radius 1 is 1.26 bits per heavy atom. The van der Waals surface area contributed by atoms with E-state index in [0.29, 0.717) is 18.1 Å². The maximum Gasteiger partial charge on any atom is 0.343 e. The van der Waals surface area contributed by atoms with Crippen molar-refractivity contribution in [1.29, 1.82) is 0 Å². The first-order valence-corrected chi connectivity index (χ1v) is 12.5. The van der Waals surface area contributed by atoms with Crippen LogP contribution in [-0.2, 0) is 21.2 Å². The van der Waals surface area contributed by atoms with Gasteiger partial charge in [-0.05, 0) is 25.7 Å². The topological polar surface area (TPSA) is 105 Å². The van der Waals surface area contributed by atoms with Crippen molar-refractivity contribution < 1.29 is 13.2 Å². The van der Waals surface area contributed by atoms with E-state index in [-0.39, 0.29) is 40.9 Å². The Kier molecular flexibility index (Phi) is 6.67. The number of aromatic amines is 1. The standard InChI is InChI=1S/C17H28N4O4S2/c1-2-9-20-16(23)18-19-17(20)26-11-15(22)21(13-6-4-3-5-7-13)14-8-10-27(24,25)12-14/h13-14H,2-12H2,1H3,(H,18,23)/t14-/m0/s1. The van der Waals surface area contributed by atoms with E-state index in [1.807, 2.05) is 11.8 Å². The van der Waals surface area contributed by atoms with Crippen LogP contribution >= 0.6 is 11.8 Å². The number of aromatic nitrogens is 3. The number of sulfone groups is 1. The zero-order valence-electron chi connectivity index (χ0n) is 15.7. The van der Waals surface area contributed by atoms with Gasteiger partial charge in [0.25, 0.3) is 0 Å². The van der Waals surface area contributed by atoms with Crippen molar-refractivity contribution in [1.82, 2.24) is 19.7 Å². The molecule has 1 saturated heterocycles. The van der Waals surface area contributed by atoms with E-state index in [2.05, 4.69) is 10.2 Å². The Balaban J connectivity index is 1.72. The number of hydrogen-bond donors (Lipinski definition) is 1. The van der Waals surface area contributed by atoms with E-state index in [1.54, 1.807) is 4.57 Å². The summed E-state index contributed by atoms with van der Waals surface area (Å²) in [5, 5.41) is 6.97. The molecule has 1 aromatic heterocycles. The molecule has 0 aromatic carbocycles. The monoisotopic (exact) mass is 416 g/mol. The Morgan fingerprint density at radius 2 is 2.00 bits per heavy atom. The first-order valence-electron chi connectivity index (χ1n) is 9.71. The third-order valence-corrected chi connectivity index (χ3v) is 8.06. The molecule has 0 radical (unpaired) electrons. The number of nitrogens with zero attached hydrogens (tertiary/aromatic N) is 3.